The Balaban J connectivity index is 0.00000141. The molecular formula is C18H21N5O2. The van der Waals surface area contributed by atoms with E-state index < -0.39 is 0 Å². The molecule has 0 aliphatic heterocycles. The van der Waals surface area contributed by atoms with Crippen LogP contribution in [0.15, 0.2) is 42.7 Å². The summed E-state index contributed by atoms with van der Waals surface area (Å²) < 4.78 is 0. The number of nitrogens with one attached hydrogen (secondary N) is 2. The molecule has 0 unspecified atom stereocenters. The van der Waals surface area contributed by atoms with Gasteiger partial charge < -0.3 is 10.7 Å². The predicted octanol–water partition coefficient (Wildman–Crippen LogP) is 4.55. The van der Waals surface area contributed by atoms with Crippen LogP contribution in [0, 0.1) is 17.4 Å². The standard InChI is InChI=1S/C18H14N4O.HNO.3H2/c1-10-13(11-4-2-6-20-17(11)19)8-15-16(14(10)9-23)12-5-3-7-21-18(12)22-15;1-2;;;/h2-9H,1H3,(H2,19,20)(H,21,22);1H;3*1H. The monoisotopic (exact) mass is 339 g/mol. The molecule has 130 valence electrons. The van der Waals surface area contributed by atoms with Crippen molar-refractivity contribution in [2.45, 2.75) is 6.92 Å². The molecule has 3 aromatic heterocycles. The Morgan fingerprint density at radius 1 is 1.16 bits per heavy atom. The molecule has 4 N–H and O–H groups in total. The van der Waals surface area contributed by atoms with E-state index in [4.69, 9.17) is 10.6 Å². The zero-order valence-electron chi connectivity index (χ0n) is 13.4. The molecule has 25 heavy (non-hydrogen) atoms. The van der Waals surface area contributed by atoms with E-state index in [2.05, 4.69) is 20.5 Å². The summed E-state index contributed by atoms with van der Waals surface area (Å²) in [6.45, 7) is 1.93. The van der Waals surface area contributed by atoms with Crippen LogP contribution >= 0.6 is 0 Å². The second-order valence-corrected chi connectivity index (χ2v) is 5.46. The van der Waals surface area contributed by atoms with Crippen LogP contribution in [0.3, 0.4) is 0 Å². The third-order valence-corrected chi connectivity index (χ3v) is 4.21. The third kappa shape index (κ3) is 2.51. The van der Waals surface area contributed by atoms with Crippen LogP contribution < -0.4 is 5.73 Å². The van der Waals surface area contributed by atoms with E-state index in [1.54, 1.807) is 12.4 Å². The van der Waals surface area contributed by atoms with Crippen LogP contribution in [0.1, 0.15) is 20.2 Å². The number of nitrogens with zero attached hydrogens (tertiary/aromatic N) is 2. The molecule has 0 spiro atoms. The van der Waals surface area contributed by atoms with Crippen molar-refractivity contribution in [3.8, 4) is 11.1 Å². The SMILES string of the molecule is Cc1c(-c2cccnc2N)cc2[nH]c3ncccc3c2c1C=O.N=O.[HH].[HH].[HH]. The summed E-state index contributed by atoms with van der Waals surface area (Å²) in [5, 5.41) is 1.84. The van der Waals surface area contributed by atoms with E-state index >= 15 is 0 Å². The van der Waals surface area contributed by atoms with Gasteiger partial charge in [0.05, 0.1) is 0 Å². The number of anilines is 1. The minimum absolute atomic E-state index is 0. The second-order valence-electron chi connectivity index (χ2n) is 5.46. The molecule has 0 fully saturated rings. The van der Waals surface area contributed by atoms with Crippen molar-refractivity contribution in [1.82, 2.24) is 15.0 Å². The molecule has 0 saturated heterocycles. The number of hydrogen-bond acceptors (Lipinski definition) is 6. The summed E-state index contributed by atoms with van der Waals surface area (Å²) in [4.78, 5) is 31.0. The van der Waals surface area contributed by atoms with Crippen LogP contribution in [0.5, 0.6) is 0 Å². The Bertz CT molecular complexity index is 1100. The van der Waals surface area contributed by atoms with E-state index in [9.17, 15) is 4.79 Å². The lowest BCUT2D eigenvalue weighted by atomic mass is 9.93. The number of aromatic amines is 1. The Kier molecular flexibility index (Phi) is 4.21. The predicted molar refractivity (Wildman–Crippen MR) is 104 cm³/mol. The first-order valence-corrected chi connectivity index (χ1v) is 7.47. The van der Waals surface area contributed by atoms with E-state index in [1.165, 1.54) is 0 Å². The van der Waals surface area contributed by atoms with Crippen molar-refractivity contribution in [1.29, 1.82) is 5.59 Å². The zero-order chi connectivity index (χ0) is 18.0. The number of carbonyl (C=O) groups is 1. The minimum atomic E-state index is 0. The maximum Gasteiger partial charge on any atom is 0.151 e. The highest BCUT2D eigenvalue weighted by atomic mass is 16.2. The average Bonchev–Trinajstić information content (AvgIpc) is 3.02. The molecule has 0 radical (unpaired) electrons. The summed E-state index contributed by atoms with van der Waals surface area (Å²) in [5.74, 6) is 0.445. The van der Waals surface area contributed by atoms with Gasteiger partial charge in [0.2, 0.25) is 0 Å². The van der Waals surface area contributed by atoms with E-state index in [1.807, 2.05) is 37.3 Å². The Labute approximate surface area is 147 Å². The maximum atomic E-state index is 11.8. The molecule has 3 heterocycles. The number of rotatable bonds is 2. The first-order chi connectivity index (χ1) is 12.2. The summed E-state index contributed by atoms with van der Waals surface area (Å²) in [7, 11) is 0. The van der Waals surface area contributed by atoms with Crippen LogP contribution in [-0.4, -0.2) is 21.2 Å². The number of aromatic nitrogens is 3. The average molecular weight is 339 g/mol. The lowest BCUT2D eigenvalue weighted by Gasteiger charge is -2.11. The first kappa shape index (κ1) is 16.3. The highest BCUT2D eigenvalue weighted by molar-refractivity contribution is 6.15. The Morgan fingerprint density at radius 3 is 2.60 bits per heavy atom. The van der Waals surface area contributed by atoms with Gasteiger partial charge in [0.1, 0.15) is 11.5 Å². The molecule has 0 atom stereocenters. The van der Waals surface area contributed by atoms with E-state index in [0.717, 1.165) is 44.9 Å². The third-order valence-electron chi connectivity index (χ3n) is 4.21. The number of nitrogens with two attached hydrogens (primary N) is 1. The zero-order valence-corrected chi connectivity index (χ0v) is 13.4. The van der Waals surface area contributed by atoms with Crippen molar-refractivity contribution in [3.63, 3.8) is 0 Å². The smallest absolute Gasteiger partial charge is 0.151 e. The highest BCUT2D eigenvalue weighted by Crippen LogP contribution is 2.36. The summed E-state index contributed by atoms with van der Waals surface area (Å²) in [6.07, 6.45) is 4.28. The summed E-state index contributed by atoms with van der Waals surface area (Å²) in [5.41, 5.74) is 15.4. The highest BCUT2D eigenvalue weighted by Gasteiger charge is 2.17. The van der Waals surface area contributed by atoms with Crippen LogP contribution in [0.4, 0.5) is 5.82 Å². The van der Waals surface area contributed by atoms with Crippen LogP contribution in [-0.2, 0) is 0 Å². The van der Waals surface area contributed by atoms with E-state index in [0.29, 0.717) is 11.4 Å². The molecule has 4 rings (SSSR count). The molecule has 0 bridgehead atoms. The van der Waals surface area contributed by atoms with Gasteiger partial charge in [0.15, 0.2) is 6.29 Å². The largest absolute Gasteiger partial charge is 0.383 e. The van der Waals surface area contributed by atoms with Crippen molar-refractivity contribution >= 4 is 34.0 Å². The summed E-state index contributed by atoms with van der Waals surface area (Å²) >= 11 is 0. The van der Waals surface area contributed by atoms with Gasteiger partial charge in [-0.2, -0.15) is 4.91 Å². The number of fused-ring (bicyclic) bond motifs is 3. The quantitative estimate of drug-likeness (QED) is 0.365. The number of benzene rings is 1. The first-order valence-electron chi connectivity index (χ1n) is 7.47. The fourth-order valence-corrected chi connectivity index (χ4v) is 3.10. The van der Waals surface area contributed by atoms with Gasteiger partial charge in [-0.05, 0) is 48.4 Å². The molecule has 4 aromatic rings. The van der Waals surface area contributed by atoms with Gasteiger partial charge in [0, 0.05) is 44.1 Å². The molecule has 7 nitrogen and oxygen atoms in total. The molecular weight excluding hydrogens is 318 g/mol. The minimum Gasteiger partial charge on any atom is -0.383 e. The van der Waals surface area contributed by atoms with Gasteiger partial charge in [0.25, 0.3) is 0 Å². The van der Waals surface area contributed by atoms with Gasteiger partial charge in [-0.15, -0.1) is 0 Å². The number of carbonyl (C=O) groups excluding carboxylic acids is 1. The van der Waals surface area contributed by atoms with Crippen molar-refractivity contribution < 1.29 is 9.07 Å². The number of aldehydes is 1. The van der Waals surface area contributed by atoms with Crippen molar-refractivity contribution in [2.24, 2.45) is 0 Å². The molecule has 0 aliphatic carbocycles. The maximum absolute atomic E-state index is 11.8. The van der Waals surface area contributed by atoms with Crippen molar-refractivity contribution in [2.75, 3.05) is 5.73 Å². The second kappa shape index (κ2) is 6.48. The number of nitroso groups, excluding NO2 is 1. The van der Waals surface area contributed by atoms with Gasteiger partial charge in [-0.3, -0.25) is 4.79 Å². The normalized spacial score (nSPS) is 10.4. The van der Waals surface area contributed by atoms with Crippen molar-refractivity contribution in [3.05, 3.63) is 58.8 Å². The van der Waals surface area contributed by atoms with Crippen LogP contribution in [0.25, 0.3) is 33.1 Å². The Morgan fingerprint density at radius 2 is 1.88 bits per heavy atom. The van der Waals surface area contributed by atoms with Gasteiger partial charge in [-0.1, -0.05) is 5.59 Å². The molecule has 0 saturated carbocycles. The topological polar surface area (TPSA) is 126 Å². The number of H-pyrrole nitrogens is 1. The molecule has 0 aliphatic rings. The molecule has 0 amide bonds. The van der Waals surface area contributed by atoms with Crippen LogP contribution in [0.2, 0.25) is 0 Å². The van der Waals surface area contributed by atoms with Gasteiger partial charge in [-0.25, -0.2) is 9.97 Å². The number of nitrogen functional groups attached to an aromatic ring is 1. The van der Waals surface area contributed by atoms with E-state index in [-0.39, 0.29) is 4.28 Å². The molecule has 7 heteroatoms. The summed E-state index contributed by atoms with van der Waals surface area (Å²) in [6, 6.07) is 9.58. The fourth-order valence-electron chi connectivity index (χ4n) is 3.10. The Hall–Kier alpha value is -3.61. The number of pyridine rings is 2. The van der Waals surface area contributed by atoms with Gasteiger partial charge >= 0.3 is 0 Å². The number of hydrogen-bond donors (Lipinski definition) is 3. The fraction of sp³-hybridized carbons (Fsp3) is 0.0556. The molecule has 1 aromatic carbocycles. The lowest BCUT2D eigenvalue weighted by Crippen LogP contribution is -1.97. The lowest BCUT2D eigenvalue weighted by molar-refractivity contribution is 0.112.